The van der Waals surface area contributed by atoms with E-state index < -0.39 is 0 Å². The van der Waals surface area contributed by atoms with Gasteiger partial charge in [-0.1, -0.05) is 12.1 Å². The summed E-state index contributed by atoms with van der Waals surface area (Å²) in [5.74, 6) is 0.913. The van der Waals surface area contributed by atoms with Crippen molar-refractivity contribution in [2.45, 2.75) is 32.7 Å². The lowest BCUT2D eigenvalue weighted by molar-refractivity contribution is 0.321. The lowest BCUT2D eigenvalue weighted by atomic mass is 10.0. The van der Waals surface area contributed by atoms with Crippen LogP contribution in [-0.2, 0) is 12.0 Å². The lowest BCUT2D eigenvalue weighted by Gasteiger charge is -2.14. The molecule has 19 heavy (non-hydrogen) atoms. The van der Waals surface area contributed by atoms with Crippen LogP contribution in [-0.4, -0.2) is 11.6 Å². The standard InChI is InChI=1S/C15H20N2OS/c1-11-5-4-6-12(9-11)18-8-7-14-17-13(10-19-14)15(2,3)16/h4-6,9-10H,7-8,16H2,1-3H3. The van der Waals surface area contributed by atoms with Crippen molar-refractivity contribution in [3.63, 3.8) is 0 Å². The van der Waals surface area contributed by atoms with Crippen molar-refractivity contribution in [2.24, 2.45) is 5.73 Å². The van der Waals surface area contributed by atoms with E-state index in [1.165, 1.54) is 5.56 Å². The Morgan fingerprint density at radius 2 is 2.16 bits per heavy atom. The summed E-state index contributed by atoms with van der Waals surface area (Å²) in [5, 5.41) is 3.10. The van der Waals surface area contributed by atoms with Gasteiger partial charge < -0.3 is 10.5 Å². The Kier molecular flexibility index (Phi) is 4.22. The molecule has 0 fully saturated rings. The molecule has 0 aliphatic rings. The molecule has 1 aromatic heterocycles. The average molecular weight is 276 g/mol. The summed E-state index contributed by atoms with van der Waals surface area (Å²) in [6.07, 6.45) is 0.814. The zero-order valence-electron chi connectivity index (χ0n) is 11.6. The third-order valence-corrected chi connectivity index (χ3v) is 3.69. The normalized spacial score (nSPS) is 11.6. The minimum atomic E-state index is -0.369. The summed E-state index contributed by atoms with van der Waals surface area (Å²) in [5.41, 5.74) is 7.81. The van der Waals surface area contributed by atoms with Gasteiger partial charge in [-0.3, -0.25) is 0 Å². The Hall–Kier alpha value is -1.39. The molecule has 2 aromatic rings. The second kappa shape index (κ2) is 5.72. The van der Waals surface area contributed by atoms with Crippen molar-refractivity contribution in [1.82, 2.24) is 4.98 Å². The van der Waals surface area contributed by atoms with Crippen molar-refractivity contribution in [3.05, 3.63) is 45.9 Å². The SMILES string of the molecule is Cc1cccc(OCCc2nc(C(C)(C)N)cs2)c1. The number of hydrogen-bond acceptors (Lipinski definition) is 4. The molecule has 0 amide bonds. The van der Waals surface area contributed by atoms with E-state index in [0.717, 1.165) is 22.9 Å². The van der Waals surface area contributed by atoms with E-state index in [0.29, 0.717) is 6.61 Å². The van der Waals surface area contributed by atoms with Crippen LogP contribution in [0.1, 0.15) is 30.1 Å². The van der Waals surface area contributed by atoms with E-state index >= 15 is 0 Å². The Morgan fingerprint density at radius 3 is 2.79 bits per heavy atom. The van der Waals surface area contributed by atoms with Gasteiger partial charge in [0.2, 0.25) is 0 Å². The van der Waals surface area contributed by atoms with Crippen LogP contribution in [0.25, 0.3) is 0 Å². The quantitative estimate of drug-likeness (QED) is 0.911. The highest BCUT2D eigenvalue weighted by atomic mass is 32.1. The summed E-state index contributed by atoms with van der Waals surface area (Å²) in [7, 11) is 0. The van der Waals surface area contributed by atoms with Crippen molar-refractivity contribution < 1.29 is 4.74 Å². The summed E-state index contributed by atoms with van der Waals surface area (Å²) >= 11 is 1.64. The Balaban J connectivity index is 1.88. The molecule has 0 bridgehead atoms. The number of thiazole rings is 1. The van der Waals surface area contributed by atoms with Gasteiger partial charge in [0.05, 0.1) is 22.8 Å². The summed E-state index contributed by atoms with van der Waals surface area (Å²) in [6.45, 7) is 6.63. The molecule has 0 saturated heterocycles. The summed E-state index contributed by atoms with van der Waals surface area (Å²) in [6, 6.07) is 8.08. The van der Waals surface area contributed by atoms with Gasteiger partial charge in [-0.2, -0.15) is 0 Å². The second-order valence-corrected chi connectivity index (χ2v) is 6.21. The third kappa shape index (κ3) is 4.04. The number of hydrogen-bond donors (Lipinski definition) is 1. The van der Waals surface area contributed by atoms with Gasteiger partial charge in [0, 0.05) is 11.8 Å². The molecule has 2 N–H and O–H groups in total. The Morgan fingerprint density at radius 1 is 1.37 bits per heavy atom. The number of rotatable bonds is 5. The molecule has 0 saturated carbocycles. The van der Waals surface area contributed by atoms with Crippen LogP contribution in [0, 0.1) is 6.92 Å². The van der Waals surface area contributed by atoms with Gasteiger partial charge in [0.1, 0.15) is 5.75 Å². The molecule has 2 rings (SSSR count). The topological polar surface area (TPSA) is 48.1 Å². The van der Waals surface area contributed by atoms with Gasteiger partial charge in [-0.25, -0.2) is 4.98 Å². The molecular weight excluding hydrogens is 256 g/mol. The Labute approximate surface area is 118 Å². The van der Waals surface area contributed by atoms with Crippen LogP contribution in [0.5, 0.6) is 5.75 Å². The average Bonchev–Trinajstić information content (AvgIpc) is 2.77. The van der Waals surface area contributed by atoms with Crippen molar-refractivity contribution in [3.8, 4) is 5.75 Å². The number of aryl methyl sites for hydroxylation is 1. The first-order valence-corrected chi connectivity index (χ1v) is 7.26. The van der Waals surface area contributed by atoms with Gasteiger partial charge in [0.25, 0.3) is 0 Å². The first-order chi connectivity index (χ1) is 8.95. The monoisotopic (exact) mass is 276 g/mol. The van der Waals surface area contributed by atoms with Crippen LogP contribution in [0.4, 0.5) is 0 Å². The number of benzene rings is 1. The molecule has 0 atom stereocenters. The fraction of sp³-hybridized carbons (Fsp3) is 0.400. The molecule has 4 heteroatoms. The minimum absolute atomic E-state index is 0.369. The predicted octanol–water partition coefficient (Wildman–Crippen LogP) is 3.27. The Bertz CT molecular complexity index is 543. The van der Waals surface area contributed by atoms with Crippen LogP contribution >= 0.6 is 11.3 Å². The van der Waals surface area contributed by atoms with Crippen molar-refractivity contribution in [2.75, 3.05) is 6.61 Å². The first kappa shape index (κ1) is 14.0. The van der Waals surface area contributed by atoms with Crippen molar-refractivity contribution in [1.29, 1.82) is 0 Å². The molecule has 0 spiro atoms. The fourth-order valence-corrected chi connectivity index (χ4v) is 2.64. The molecule has 1 aromatic carbocycles. The van der Waals surface area contributed by atoms with E-state index in [-0.39, 0.29) is 5.54 Å². The van der Waals surface area contributed by atoms with Gasteiger partial charge in [0.15, 0.2) is 0 Å². The molecule has 0 unspecified atom stereocenters. The van der Waals surface area contributed by atoms with E-state index in [4.69, 9.17) is 10.5 Å². The second-order valence-electron chi connectivity index (χ2n) is 5.26. The van der Waals surface area contributed by atoms with Gasteiger partial charge in [-0.05, 0) is 38.5 Å². The third-order valence-electron chi connectivity index (χ3n) is 2.79. The zero-order valence-corrected chi connectivity index (χ0v) is 12.5. The highest BCUT2D eigenvalue weighted by molar-refractivity contribution is 7.09. The highest BCUT2D eigenvalue weighted by Crippen LogP contribution is 2.20. The molecule has 0 radical (unpaired) electrons. The number of nitrogens with zero attached hydrogens (tertiary/aromatic N) is 1. The first-order valence-electron chi connectivity index (χ1n) is 6.38. The molecule has 0 aliphatic carbocycles. The number of aromatic nitrogens is 1. The van der Waals surface area contributed by atoms with Crippen LogP contribution in [0.2, 0.25) is 0 Å². The fourth-order valence-electron chi connectivity index (χ4n) is 1.68. The summed E-state index contributed by atoms with van der Waals surface area (Å²) < 4.78 is 5.72. The molecular formula is C15H20N2OS. The van der Waals surface area contributed by atoms with Crippen LogP contribution in [0.15, 0.2) is 29.6 Å². The molecule has 1 heterocycles. The highest BCUT2D eigenvalue weighted by Gasteiger charge is 2.17. The van der Waals surface area contributed by atoms with Crippen LogP contribution in [0.3, 0.4) is 0 Å². The van der Waals surface area contributed by atoms with E-state index in [1.54, 1.807) is 11.3 Å². The maximum absolute atomic E-state index is 6.02. The van der Waals surface area contributed by atoms with Crippen LogP contribution < -0.4 is 10.5 Å². The van der Waals surface area contributed by atoms with E-state index in [9.17, 15) is 0 Å². The minimum Gasteiger partial charge on any atom is -0.493 e. The van der Waals surface area contributed by atoms with Gasteiger partial charge >= 0.3 is 0 Å². The maximum Gasteiger partial charge on any atom is 0.119 e. The lowest BCUT2D eigenvalue weighted by Crippen LogP contribution is -2.29. The molecule has 3 nitrogen and oxygen atoms in total. The largest absolute Gasteiger partial charge is 0.493 e. The number of nitrogens with two attached hydrogens (primary N) is 1. The predicted molar refractivity (Wildman–Crippen MR) is 79.7 cm³/mol. The zero-order chi connectivity index (χ0) is 13.9. The van der Waals surface area contributed by atoms with E-state index in [2.05, 4.69) is 18.0 Å². The maximum atomic E-state index is 6.02. The molecule has 0 aliphatic heterocycles. The molecule has 102 valence electrons. The van der Waals surface area contributed by atoms with Gasteiger partial charge in [-0.15, -0.1) is 11.3 Å². The summed E-state index contributed by atoms with van der Waals surface area (Å²) in [4.78, 5) is 4.54. The van der Waals surface area contributed by atoms with E-state index in [1.807, 2.05) is 37.4 Å². The number of ether oxygens (including phenoxy) is 1. The smallest absolute Gasteiger partial charge is 0.119 e. The van der Waals surface area contributed by atoms with Crippen molar-refractivity contribution >= 4 is 11.3 Å².